The predicted molar refractivity (Wildman–Crippen MR) is 122 cm³/mol. The fraction of sp³-hybridized carbons (Fsp3) is 0.824. The van der Waals surface area contributed by atoms with E-state index in [9.17, 15) is 0 Å². The normalized spacial score (nSPS) is 20.3. The number of morpholine rings is 1. The highest BCUT2D eigenvalue weighted by molar-refractivity contribution is 14.0. The van der Waals surface area contributed by atoms with Gasteiger partial charge in [-0.05, 0) is 6.92 Å². The van der Waals surface area contributed by atoms with Crippen molar-refractivity contribution >= 4 is 46.6 Å². The fourth-order valence-corrected chi connectivity index (χ4v) is 4.15. The molecule has 1 unspecified atom stereocenters. The Morgan fingerprint density at radius 3 is 2.52 bits per heavy atom. The van der Waals surface area contributed by atoms with Crippen LogP contribution in [0.4, 0.5) is 5.13 Å². The number of aliphatic imine (C=N–C) groups is 1. The zero-order chi connectivity index (χ0) is 18.4. The zero-order valence-corrected chi connectivity index (χ0v) is 19.7. The van der Waals surface area contributed by atoms with E-state index >= 15 is 0 Å². The van der Waals surface area contributed by atoms with Crippen LogP contribution in [0.15, 0.2) is 4.99 Å². The van der Waals surface area contributed by atoms with Crippen LogP contribution in [0.25, 0.3) is 0 Å². The van der Waals surface area contributed by atoms with Crippen molar-refractivity contribution in [2.45, 2.75) is 26.3 Å². The average Bonchev–Trinajstić information content (AvgIpc) is 3.19. The summed E-state index contributed by atoms with van der Waals surface area (Å²) in [6.45, 7) is 12.8. The fourth-order valence-electron chi connectivity index (χ4n) is 3.34. The first-order valence-electron chi connectivity index (χ1n) is 9.56. The highest BCUT2D eigenvalue weighted by atomic mass is 127. The number of aryl methyl sites for hydroxylation is 1. The molecular formula is C17H32IN7OS. The first-order chi connectivity index (χ1) is 12.7. The van der Waals surface area contributed by atoms with Crippen molar-refractivity contribution in [2.24, 2.45) is 4.99 Å². The van der Waals surface area contributed by atoms with Crippen LogP contribution in [0.1, 0.15) is 19.7 Å². The Balaban J connectivity index is 0.00000261. The van der Waals surface area contributed by atoms with E-state index in [2.05, 4.69) is 48.2 Å². The molecule has 0 radical (unpaired) electrons. The van der Waals surface area contributed by atoms with Crippen LogP contribution in [0, 0.1) is 0 Å². The van der Waals surface area contributed by atoms with Crippen LogP contribution in [0.3, 0.4) is 0 Å². The maximum atomic E-state index is 5.44. The molecule has 1 N–H and O–H groups in total. The summed E-state index contributed by atoms with van der Waals surface area (Å²) in [5, 5.41) is 4.60. The van der Waals surface area contributed by atoms with Gasteiger partial charge in [0.05, 0.1) is 13.2 Å². The number of hydrogen-bond donors (Lipinski definition) is 1. The summed E-state index contributed by atoms with van der Waals surface area (Å²) in [4.78, 5) is 16.2. The second-order valence-electron chi connectivity index (χ2n) is 6.75. The largest absolute Gasteiger partial charge is 0.379 e. The van der Waals surface area contributed by atoms with E-state index in [1.165, 1.54) is 11.5 Å². The summed E-state index contributed by atoms with van der Waals surface area (Å²) in [5.41, 5.74) is 0. The molecule has 0 amide bonds. The summed E-state index contributed by atoms with van der Waals surface area (Å²) in [6, 6.07) is 0.478. The highest BCUT2D eigenvalue weighted by Crippen LogP contribution is 2.19. The number of nitrogens with one attached hydrogen (secondary N) is 1. The third-order valence-electron chi connectivity index (χ3n) is 5.06. The molecule has 3 rings (SSSR count). The first kappa shape index (κ1) is 22.6. The SMILES string of the molecule is CCc1nsc(N2CCN(C(=NC)NCC(C)N3CCOCC3)CC2)n1.I. The Hall–Kier alpha value is -0.720. The smallest absolute Gasteiger partial charge is 0.205 e. The Morgan fingerprint density at radius 2 is 1.93 bits per heavy atom. The standard InChI is InChI=1S/C17H31N7OS.HI/c1-4-15-20-17(26-21-15)24-7-5-23(6-8-24)16(18-3)19-13-14(2)22-9-11-25-12-10-22;/h14H,4-13H2,1-3H3,(H,18,19);1H. The average molecular weight is 509 g/mol. The number of anilines is 1. The monoisotopic (exact) mass is 509 g/mol. The van der Waals surface area contributed by atoms with E-state index in [1.54, 1.807) is 0 Å². The summed E-state index contributed by atoms with van der Waals surface area (Å²) >= 11 is 1.51. The number of halogens is 1. The second kappa shape index (κ2) is 11.3. The number of rotatable bonds is 5. The van der Waals surface area contributed by atoms with E-state index < -0.39 is 0 Å². The Bertz CT molecular complexity index is 586. The van der Waals surface area contributed by atoms with Gasteiger partial charge in [0.15, 0.2) is 5.96 Å². The summed E-state index contributed by atoms with van der Waals surface area (Å²) < 4.78 is 9.84. The molecule has 1 aromatic heterocycles. The van der Waals surface area contributed by atoms with E-state index in [4.69, 9.17) is 4.74 Å². The molecule has 0 saturated carbocycles. The van der Waals surface area contributed by atoms with Crippen molar-refractivity contribution in [2.75, 3.05) is 71.0 Å². The number of hydrogen-bond acceptors (Lipinski definition) is 7. The van der Waals surface area contributed by atoms with Gasteiger partial charge in [0.1, 0.15) is 5.82 Å². The van der Waals surface area contributed by atoms with Crippen LogP contribution in [-0.2, 0) is 11.2 Å². The maximum absolute atomic E-state index is 5.44. The van der Waals surface area contributed by atoms with Crippen molar-refractivity contribution in [1.29, 1.82) is 0 Å². The van der Waals surface area contributed by atoms with Crippen molar-refractivity contribution in [1.82, 2.24) is 24.5 Å². The van der Waals surface area contributed by atoms with Gasteiger partial charge in [-0.2, -0.15) is 4.37 Å². The number of aromatic nitrogens is 2. The van der Waals surface area contributed by atoms with Crippen molar-refractivity contribution in [3.8, 4) is 0 Å². The minimum atomic E-state index is 0. The molecule has 2 saturated heterocycles. The number of guanidine groups is 1. The Labute approximate surface area is 183 Å². The molecule has 0 bridgehead atoms. The van der Waals surface area contributed by atoms with Crippen molar-refractivity contribution < 1.29 is 4.74 Å². The van der Waals surface area contributed by atoms with Gasteiger partial charge in [-0.1, -0.05) is 6.92 Å². The molecule has 2 aliphatic heterocycles. The van der Waals surface area contributed by atoms with E-state index in [0.29, 0.717) is 6.04 Å². The summed E-state index contributed by atoms with van der Waals surface area (Å²) in [6.07, 6.45) is 0.897. The van der Waals surface area contributed by atoms with Crippen LogP contribution < -0.4 is 10.2 Å². The number of piperazine rings is 1. The molecule has 0 spiro atoms. The van der Waals surface area contributed by atoms with Gasteiger partial charge in [0.2, 0.25) is 5.13 Å². The molecule has 1 aromatic rings. The first-order valence-corrected chi connectivity index (χ1v) is 10.3. The molecule has 3 heterocycles. The molecule has 8 nitrogen and oxygen atoms in total. The predicted octanol–water partition coefficient (Wildman–Crippen LogP) is 1.14. The molecule has 10 heteroatoms. The molecule has 154 valence electrons. The third kappa shape index (κ3) is 6.13. The van der Waals surface area contributed by atoms with Gasteiger partial charge in [-0.15, -0.1) is 24.0 Å². The quantitative estimate of drug-likeness (QED) is 0.363. The van der Waals surface area contributed by atoms with Gasteiger partial charge < -0.3 is 19.9 Å². The molecule has 0 aromatic carbocycles. The van der Waals surface area contributed by atoms with Crippen LogP contribution in [-0.4, -0.2) is 97.2 Å². The van der Waals surface area contributed by atoms with Gasteiger partial charge in [-0.25, -0.2) is 4.98 Å². The molecule has 2 fully saturated rings. The Morgan fingerprint density at radius 1 is 1.22 bits per heavy atom. The summed E-state index contributed by atoms with van der Waals surface area (Å²) in [5.74, 6) is 1.94. The minimum Gasteiger partial charge on any atom is -0.379 e. The van der Waals surface area contributed by atoms with Crippen LogP contribution in [0.5, 0.6) is 0 Å². The van der Waals surface area contributed by atoms with E-state index in [-0.39, 0.29) is 24.0 Å². The maximum Gasteiger partial charge on any atom is 0.205 e. The summed E-state index contributed by atoms with van der Waals surface area (Å²) in [7, 11) is 1.87. The third-order valence-corrected chi connectivity index (χ3v) is 5.87. The highest BCUT2D eigenvalue weighted by Gasteiger charge is 2.23. The van der Waals surface area contributed by atoms with E-state index in [1.807, 2.05) is 7.05 Å². The second-order valence-corrected chi connectivity index (χ2v) is 7.48. The number of ether oxygens (including phenoxy) is 1. The molecule has 1 atom stereocenters. The minimum absolute atomic E-state index is 0. The lowest BCUT2D eigenvalue weighted by atomic mass is 10.2. The van der Waals surface area contributed by atoms with Gasteiger partial charge in [-0.3, -0.25) is 9.89 Å². The lowest BCUT2D eigenvalue weighted by molar-refractivity contribution is 0.0210. The van der Waals surface area contributed by atoms with E-state index in [0.717, 1.165) is 82.4 Å². The van der Waals surface area contributed by atoms with Gasteiger partial charge in [0.25, 0.3) is 0 Å². The molecule has 0 aliphatic carbocycles. The Kier molecular flexibility index (Phi) is 9.46. The lowest BCUT2D eigenvalue weighted by Crippen LogP contribution is -2.54. The molecule has 2 aliphatic rings. The van der Waals surface area contributed by atoms with Gasteiger partial charge >= 0.3 is 0 Å². The van der Waals surface area contributed by atoms with Crippen molar-refractivity contribution in [3.63, 3.8) is 0 Å². The lowest BCUT2D eigenvalue weighted by Gasteiger charge is -2.37. The number of nitrogens with zero attached hydrogens (tertiary/aromatic N) is 6. The zero-order valence-electron chi connectivity index (χ0n) is 16.6. The van der Waals surface area contributed by atoms with Crippen LogP contribution in [0.2, 0.25) is 0 Å². The van der Waals surface area contributed by atoms with Crippen molar-refractivity contribution in [3.05, 3.63) is 5.82 Å². The van der Waals surface area contributed by atoms with Crippen LogP contribution >= 0.6 is 35.5 Å². The molecular weight excluding hydrogens is 477 g/mol. The molecule has 27 heavy (non-hydrogen) atoms. The van der Waals surface area contributed by atoms with Gasteiger partial charge in [0, 0.05) is 76.9 Å². The topological polar surface area (TPSA) is 69.1 Å².